The molecule has 5 heteroatoms. The minimum Gasteiger partial charge on any atom is -0.493 e. The van der Waals surface area contributed by atoms with E-state index in [1.54, 1.807) is 20.4 Å². The normalized spacial score (nSPS) is 11.8. The molecule has 1 aromatic heterocycles. The van der Waals surface area contributed by atoms with Gasteiger partial charge in [-0.2, -0.15) is 0 Å². The minimum absolute atomic E-state index is 0.107. The molecule has 5 nitrogen and oxygen atoms in total. The van der Waals surface area contributed by atoms with E-state index in [0.29, 0.717) is 23.0 Å². The molecule has 20 heavy (non-hydrogen) atoms. The van der Waals surface area contributed by atoms with Gasteiger partial charge in [0, 0.05) is 6.04 Å². The highest BCUT2D eigenvalue weighted by molar-refractivity contribution is 5.52. The summed E-state index contributed by atoms with van der Waals surface area (Å²) in [6.07, 6.45) is 1.63. The van der Waals surface area contributed by atoms with Crippen molar-refractivity contribution in [1.29, 1.82) is 0 Å². The molecule has 0 aliphatic rings. The zero-order valence-electron chi connectivity index (χ0n) is 11.8. The number of para-hydroxylation sites is 1. The highest BCUT2D eigenvalue weighted by Gasteiger charge is 2.12. The van der Waals surface area contributed by atoms with Crippen molar-refractivity contribution in [1.82, 2.24) is 4.98 Å². The second-order valence-electron chi connectivity index (χ2n) is 4.30. The van der Waals surface area contributed by atoms with Crippen LogP contribution in [0, 0.1) is 0 Å². The van der Waals surface area contributed by atoms with Crippen LogP contribution < -0.4 is 19.9 Å². The number of pyridine rings is 1. The lowest BCUT2D eigenvalue weighted by Gasteiger charge is -2.14. The van der Waals surface area contributed by atoms with Gasteiger partial charge in [0.2, 0.25) is 5.75 Å². The van der Waals surface area contributed by atoms with Gasteiger partial charge in [-0.3, -0.25) is 4.98 Å². The number of benzene rings is 1. The summed E-state index contributed by atoms with van der Waals surface area (Å²) >= 11 is 0. The molecule has 0 bridgehead atoms. The summed E-state index contributed by atoms with van der Waals surface area (Å²) in [5.41, 5.74) is 6.57. The van der Waals surface area contributed by atoms with E-state index in [-0.39, 0.29) is 6.04 Å². The van der Waals surface area contributed by atoms with Crippen molar-refractivity contribution in [2.75, 3.05) is 14.2 Å². The SMILES string of the molecule is COc1cccc(OC)c1Oc1ccc(C(C)N)nc1. The van der Waals surface area contributed by atoms with Crippen LogP contribution in [0.4, 0.5) is 0 Å². The number of rotatable bonds is 5. The Morgan fingerprint density at radius 2 is 1.70 bits per heavy atom. The molecular formula is C15H18N2O3. The molecule has 1 heterocycles. The Hall–Kier alpha value is -2.27. The highest BCUT2D eigenvalue weighted by atomic mass is 16.5. The zero-order chi connectivity index (χ0) is 14.5. The summed E-state index contributed by atoms with van der Waals surface area (Å²) in [5, 5.41) is 0. The van der Waals surface area contributed by atoms with Crippen molar-refractivity contribution in [3.8, 4) is 23.0 Å². The Morgan fingerprint density at radius 1 is 1.05 bits per heavy atom. The third-order valence-corrected chi connectivity index (χ3v) is 2.83. The van der Waals surface area contributed by atoms with E-state index in [2.05, 4.69) is 4.98 Å². The van der Waals surface area contributed by atoms with Gasteiger partial charge < -0.3 is 19.9 Å². The molecule has 1 aromatic carbocycles. The van der Waals surface area contributed by atoms with Crippen LogP contribution in [-0.4, -0.2) is 19.2 Å². The third kappa shape index (κ3) is 3.00. The van der Waals surface area contributed by atoms with Crippen LogP contribution >= 0.6 is 0 Å². The third-order valence-electron chi connectivity index (χ3n) is 2.83. The lowest BCUT2D eigenvalue weighted by molar-refractivity contribution is 0.346. The summed E-state index contributed by atoms with van der Waals surface area (Å²) in [5.74, 6) is 2.31. The quantitative estimate of drug-likeness (QED) is 0.908. The summed E-state index contributed by atoms with van der Waals surface area (Å²) < 4.78 is 16.4. The molecule has 2 aromatic rings. The van der Waals surface area contributed by atoms with E-state index in [0.717, 1.165) is 5.69 Å². The summed E-state index contributed by atoms with van der Waals surface area (Å²) in [4.78, 5) is 4.25. The molecule has 0 amide bonds. The second-order valence-corrected chi connectivity index (χ2v) is 4.30. The Labute approximate surface area is 118 Å². The minimum atomic E-state index is -0.107. The maximum atomic E-state index is 5.80. The molecule has 2 rings (SSSR count). The fourth-order valence-corrected chi connectivity index (χ4v) is 1.76. The molecule has 106 valence electrons. The monoisotopic (exact) mass is 274 g/mol. The lowest BCUT2D eigenvalue weighted by atomic mass is 10.2. The number of hydrogen-bond acceptors (Lipinski definition) is 5. The Bertz CT molecular complexity index is 546. The molecule has 0 radical (unpaired) electrons. The van der Waals surface area contributed by atoms with Crippen molar-refractivity contribution in [2.45, 2.75) is 13.0 Å². The predicted molar refractivity (Wildman–Crippen MR) is 76.5 cm³/mol. The first kappa shape index (κ1) is 14.1. The Balaban J connectivity index is 2.29. The van der Waals surface area contributed by atoms with Crippen molar-refractivity contribution >= 4 is 0 Å². The van der Waals surface area contributed by atoms with Crippen LogP contribution in [0.1, 0.15) is 18.7 Å². The molecule has 0 fully saturated rings. The maximum Gasteiger partial charge on any atom is 0.211 e. The fraction of sp³-hybridized carbons (Fsp3) is 0.267. The first-order chi connectivity index (χ1) is 9.65. The van der Waals surface area contributed by atoms with Gasteiger partial charge in [0.1, 0.15) is 5.75 Å². The van der Waals surface area contributed by atoms with E-state index in [4.69, 9.17) is 19.9 Å². The van der Waals surface area contributed by atoms with Gasteiger partial charge in [0.05, 0.1) is 26.1 Å². The molecule has 2 N–H and O–H groups in total. The van der Waals surface area contributed by atoms with Crippen LogP contribution in [0.5, 0.6) is 23.0 Å². The maximum absolute atomic E-state index is 5.80. The predicted octanol–water partition coefficient (Wildman–Crippen LogP) is 2.91. The molecule has 0 saturated carbocycles. The number of hydrogen-bond donors (Lipinski definition) is 1. The molecule has 0 spiro atoms. The van der Waals surface area contributed by atoms with E-state index < -0.39 is 0 Å². The topological polar surface area (TPSA) is 66.6 Å². The summed E-state index contributed by atoms with van der Waals surface area (Å²) in [6.45, 7) is 1.88. The largest absolute Gasteiger partial charge is 0.493 e. The van der Waals surface area contributed by atoms with Gasteiger partial charge in [-0.15, -0.1) is 0 Å². The smallest absolute Gasteiger partial charge is 0.211 e. The van der Waals surface area contributed by atoms with Gasteiger partial charge in [-0.25, -0.2) is 0 Å². The van der Waals surface area contributed by atoms with Gasteiger partial charge >= 0.3 is 0 Å². The molecule has 1 unspecified atom stereocenters. The average Bonchev–Trinajstić information content (AvgIpc) is 2.48. The van der Waals surface area contributed by atoms with Crippen molar-refractivity contribution in [3.05, 3.63) is 42.2 Å². The van der Waals surface area contributed by atoms with Crippen LogP contribution in [0.15, 0.2) is 36.5 Å². The summed E-state index contributed by atoms with van der Waals surface area (Å²) in [7, 11) is 3.16. The van der Waals surface area contributed by atoms with E-state index in [9.17, 15) is 0 Å². The molecule has 0 saturated heterocycles. The van der Waals surface area contributed by atoms with Gasteiger partial charge in [0.15, 0.2) is 11.5 Å². The van der Waals surface area contributed by atoms with E-state index in [1.165, 1.54) is 0 Å². The zero-order valence-corrected chi connectivity index (χ0v) is 11.8. The first-order valence-corrected chi connectivity index (χ1v) is 6.26. The van der Waals surface area contributed by atoms with Crippen LogP contribution in [-0.2, 0) is 0 Å². The van der Waals surface area contributed by atoms with Crippen LogP contribution in [0.2, 0.25) is 0 Å². The van der Waals surface area contributed by atoms with E-state index >= 15 is 0 Å². The Kier molecular flexibility index (Phi) is 4.42. The van der Waals surface area contributed by atoms with Gasteiger partial charge in [-0.05, 0) is 31.2 Å². The molecule has 1 atom stereocenters. The summed E-state index contributed by atoms with van der Waals surface area (Å²) in [6, 6.07) is 9.00. The fourth-order valence-electron chi connectivity index (χ4n) is 1.76. The Morgan fingerprint density at radius 3 is 2.15 bits per heavy atom. The van der Waals surface area contributed by atoms with Crippen molar-refractivity contribution < 1.29 is 14.2 Å². The van der Waals surface area contributed by atoms with Gasteiger partial charge in [0.25, 0.3) is 0 Å². The number of aromatic nitrogens is 1. The average molecular weight is 274 g/mol. The van der Waals surface area contributed by atoms with E-state index in [1.807, 2.05) is 37.3 Å². The molecule has 0 aliphatic carbocycles. The van der Waals surface area contributed by atoms with Crippen LogP contribution in [0.25, 0.3) is 0 Å². The number of nitrogens with two attached hydrogens (primary N) is 1. The standard InChI is InChI=1S/C15H18N2O3/c1-10(16)12-8-7-11(9-17-12)20-15-13(18-2)5-4-6-14(15)19-3/h4-10H,16H2,1-3H3. The molecule has 0 aliphatic heterocycles. The number of nitrogens with zero attached hydrogens (tertiary/aromatic N) is 1. The van der Waals surface area contributed by atoms with Crippen molar-refractivity contribution in [2.24, 2.45) is 5.73 Å². The highest BCUT2D eigenvalue weighted by Crippen LogP contribution is 2.39. The second kappa shape index (κ2) is 6.25. The van der Waals surface area contributed by atoms with Crippen molar-refractivity contribution in [3.63, 3.8) is 0 Å². The number of methoxy groups -OCH3 is 2. The van der Waals surface area contributed by atoms with Gasteiger partial charge in [-0.1, -0.05) is 6.07 Å². The number of ether oxygens (including phenoxy) is 3. The molecular weight excluding hydrogens is 256 g/mol. The van der Waals surface area contributed by atoms with Crippen LogP contribution in [0.3, 0.4) is 0 Å². The lowest BCUT2D eigenvalue weighted by Crippen LogP contribution is -2.06. The first-order valence-electron chi connectivity index (χ1n) is 6.26.